The molecule has 1 rings (SSSR count). The van der Waals surface area contributed by atoms with Crippen LogP contribution >= 0.6 is 0 Å². The van der Waals surface area contributed by atoms with Gasteiger partial charge in [0, 0.05) is 0 Å². The molecular weight excluding hydrogens is 170 g/mol. The third-order valence-corrected chi connectivity index (χ3v) is 2.03. The molecule has 0 bridgehead atoms. The zero-order valence-corrected chi connectivity index (χ0v) is 7.56. The summed E-state index contributed by atoms with van der Waals surface area (Å²) in [6.07, 6.45) is 2.36. The van der Waals surface area contributed by atoms with Gasteiger partial charge in [0.15, 0.2) is 11.6 Å². The number of hydrogen-bond acceptors (Lipinski definition) is 0. The lowest BCUT2D eigenvalue weighted by Crippen LogP contribution is -1.98. The van der Waals surface area contributed by atoms with E-state index < -0.39 is 11.6 Å². The van der Waals surface area contributed by atoms with Gasteiger partial charge in [-0.3, -0.25) is 0 Å². The molecule has 0 N–H and O–H groups in total. The Morgan fingerprint density at radius 1 is 1.46 bits per heavy atom. The number of hydrogen-bond donors (Lipinski definition) is 0. The monoisotopic (exact) mass is 182 g/mol. The van der Waals surface area contributed by atoms with Crippen LogP contribution in [0.2, 0.25) is 0 Å². The van der Waals surface area contributed by atoms with E-state index in [1.165, 1.54) is 6.07 Å². The maximum Gasteiger partial charge on any atom is 0.162 e. The van der Waals surface area contributed by atoms with Crippen molar-refractivity contribution in [2.45, 2.75) is 19.3 Å². The molecule has 1 atom stereocenters. The van der Waals surface area contributed by atoms with Crippen LogP contribution in [0.5, 0.6) is 0 Å². The Bertz CT molecular complexity index is 305. The van der Waals surface area contributed by atoms with Crippen LogP contribution in [0.4, 0.5) is 8.78 Å². The van der Waals surface area contributed by atoms with Crippen LogP contribution in [0.1, 0.15) is 24.8 Å². The summed E-state index contributed by atoms with van der Waals surface area (Å²) in [4.78, 5) is 0. The summed E-state index contributed by atoms with van der Waals surface area (Å²) >= 11 is 0. The number of benzene rings is 1. The fourth-order valence-electron chi connectivity index (χ4n) is 1.28. The maximum absolute atomic E-state index is 13.2. The molecule has 1 unspecified atom stereocenters. The number of rotatable bonds is 3. The zero-order valence-electron chi connectivity index (χ0n) is 7.56. The van der Waals surface area contributed by atoms with Crippen LogP contribution in [0, 0.1) is 11.6 Å². The van der Waals surface area contributed by atoms with Gasteiger partial charge in [0.2, 0.25) is 0 Å². The Kier molecular flexibility index (Phi) is 3.18. The van der Waals surface area contributed by atoms with Crippen LogP contribution < -0.4 is 0 Å². The lowest BCUT2D eigenvalue weighted by Gasteiger charge is -2.10. The minimum atomic E-state index is -0.784. The van der Waals surface area contributed by atoms with E-state index in [0.29, 0.717) is 12.0 Å². The van der Waals surface area contributed by atoms with Crippen molar-refractivity contribution >= 4 is 0 Å². The van der Waals surface area contributed by atoms with E-state index in [4.69, 9.17) is 0 Å². The first-order valence-electron chi connectivity index (χ1n) is 4.21. The van der Waals surface area contributed by atoms with Crippen molar-refractivity contribution in [2.24, 2.45) is 0 Å². The van der Waals surface area contributed by atoms with Gasteiger partial charge in [0.1, 0.15) is 0 Å². The van der Waals surface area contributed by atoms with Crippen molar-refractivity contribution in [3.05, 3.63) is 48.1 Å². The van der Waals surface area contributed by atoms with Gasteiger partial charge in [0.25, 0.3) is 0 Å². The van der Waals surface area contributed by atoms with Crippen LogP contribution in [0.25, 0.3) is 0 Å². The highest BCUT2D eigenvalue weighted by atomic mass is 19.2. The molecule has 0 spiro atoms. The molecule has 70 valence electrons. The van der Waals surface area contributed by atoms with Crippen molar-refractivity contribution in [3.8, 4) is 0 Å². The maximum atomic E-state index is 13.2. The van der Waals surface area contributed by atoms with Gasteiger partial charge < -0.3 is 0 Å². The molecule has 2 heteroatoms. The fraction of sp³-hybridized carbons (Fsp3) is 0.273. The minimum absolute atomic E-state index is 0.0202. The van der Waals surface area contributed by atoms with E-state index in [1.807, 2.05) is 6.92 Å². The topological polar surface area (TPSA) is 0 Å². The van der Waals surface area contributed by atoms with Gasteiger partial charge in [-0.25, -0.2) is 8.78 Å². The van der Waals surface area contributed by atoms with E-state index in [1.54, 1.807) is 12.1 Å². The van der Waals surface area contributed by atoms with Crippen molar-refractivity contribution < 1.29 is 8.78 Å². The van der Waals surface area contributed by atoms with Crippen LogP contribution in [-0.4, -0.2) is 0 Å². The van der Waals surface area contributed by atoms with Crippen LogP contribution in [0.15, 0.2) is 30.9 Å². The van der Waals surface area contributed by atoms with Gasteiger partial charge in [-0.05, 0) is 24.0 Å². The van der Waals surface area contributed by atoms with Gasteiger partial charge in [-0.15, -0.1) is 6.58 Å². The third-order valence-electron chi connectivity index (χ3n) is 2.03. The molecule has 1 aromatic rings. The SMILES string of the molecule is C=CCC(C)c1cccc(F)c1F. The second-order valence-electron chi connectivity index (χ2n) is 3.07. The molecular formula is C11H12F2. The lowest BCUT2D eigenvalue weighted by molar-refractivity contribution is 0.491. The summed E-state index contributed by atoms with van der Waals surface area (Å²) in [5.74, 6) is -1.54. The predicted molar refractivity (Wildman–Crippen MR) is 49.6 cm³/mol. The smallest absolute Gasteiger partial charge is 0.162 e. The van der Waals surface area contributed by atoms with Gasteiger partial charge >= 0.3 is 0 Å². The van der Waals surface area contributed by atoms with Gasteiger partial charge in [-0.1, -0.05) is 25.1 Å². The Labute approximate surface area is 76.9 Å². The molecule has 0 aliphatic heterocycles. The molecule has 0 saturated heterocycles. The Balaban J connectivity index is 3.00. The second-order valence-corrected chi connectivity index (χ2v) is 3.07. The standard InChI is InChI=1S/C11H12F2/c1-3-5-8(2)9-6-4-7-10(12)11(9)13/h3-4,6-8H,1,5H2,2H3. The van der Waals surface area contributed by atoms with Crippen LogP contribution in [-0.2, 0) is 0 Å². The highest BCUT2D eigenvalue weighted by Gasteiger charge is 2.12. The average molecular weight is 182 g/mol. The Morgan fingerprint density at radius 2 is 2.15 bits per heavy atom. The summed E-state index contributed by atoms with van der Waals surface area (Å²) in [5.41, 5.74) is 0.417. The van der Waals surface area contributed by atoms with Crippen molar-refractivity contribution in [1.29, 1.82) is 0 Å². The highest BCUT2D eigenvalue weighted by Crippen LogP contribution is 2.23. The summed E-state index contributed by atoms with van der Waals surface area (Å²) < 4.78 is 25.9. The quantitative estimate of drug-likeness (QED) is 0.626. The molecule has 0 aliphatic rings. The van der Waals surface area contributed by atoms with Gasteiger partial charge in [-0.2, -0.15) is 0 Å². The first kappa shape index (κ1) is 9.90. The Hall–Kier alpha value is -1.18. The molecule has 0 saturated carbocycles. The number of allylic oxidation sites excluding steroid dienone is 1. The first-order valence-corrected chi connectivity index (χ1v) is 4.21. The molecule has 0 heterocycles. The summed E-state index contributed by atoms with van der Waals surface area (Å²) in [6.45, 7) is 5.41. The van der Waals surface area contributed by atoms with E-state index in [0.717, 1.165) is 6.07 Å². The molecule has 1 aromatic carbocycles. The summed E-state index contributed by atoms with van der Waals surface area (Å²) in [7, 11) is 0. The van der Waals surface area contributed by atoms with E-state index >= 15 is 0 Å². The normalized spacial score (nSPS) is 12.5. The number of halogens is 2. The lowest BCUT2D eigenvalue weighted by atomic mass is 9.97. The first-order chi connectivity index (χ1) is 6.16. The molecule has 0 radical (unpaired) electrons. The van der Waals surface area contributed by atoms with Crippen molar-refractivity contribution in [3.63, 3.8) is 0 Å². The van der Waals surface area contributed by atoms with Crippen molar-refractivity contribution in [2.75, 3.05) is 0 Å². The Morgan fingerprint density at radius 3 is 2.77 bits per heavy atom. The largest absolute Gasteiger partial charge is 0.204 e. The molecule has 0 aliphatic carbocycles. The fourth-order valence-corrected chi connectivity index (χ4v) is 1.28. The van der Waals surface area contributed by atoms with Gasteiger partial charge in [0.05, 0.1) is 0 Å². The third kappa shape index (κ3) is 2.14. The average Bonchev–Trinajstić information content (AvgIpc) is 2.10. The van der Waals surface area contributed by atoms with Crippen LogP contribution in [0.3, 0.4) is 0 Å². The van der Waals surface area contributed by atoms with E-state index in [2.05, 4.69) is 6.58 Å². The predicted octanol–water partition coefficient (Wildman–Crippen LogP) is 3.64. The highest BCUT2D eigenvalue weighted by molar-refractivity contribution is 5.22. The van der Waals surface area contributed by atoms with E-state index in [-0.39, 0.29) is 5.92 Å². The van der Waals surface area contributed by atoms with E-state index in [9.17, 15) is 8.78 Å². The minimum Gasteiger partial charge on any atom is -0.204 e. The second kappa shape index (κ2) is 4.17. The molecule has 13 heavy (non-hydrogen) atoms. The molecule has 0 fully saturated rings. The van der Waals surface area contributed by atoms with Crippen molar-refractivity contribution in [1.82, 2.24) is 0 Å². The zero-order chi connectivity index (χ0) is 9.84. The summed E-state index contributed by atoms with van der Waals surface area (Å²) in [6, 6.07) is 4.25. The molecule has 0 aromatic heterocycles. The molecule has 0 nitrogen and oxygen atoms in total. The summed E-state index contributed by atoms with van der Waals surface area (Å²) in [5, 5.41) is 0. The molecule has 0 amide bonds.